The summed E-state index contributed by atoms with van der Waals surface area (Å²) in [5.74, 6) is -0.248. The summed E-state index contributed by atoms with van der Waals surface area (Å²) >= 11 is 12.1. The van der Waals surface area contributed by atoms with E-state index in [1.54, 1.807) is 19.1 Å². The summed E-state index contributed by atoms with van der Waals surface area (Å²) in [7, 11) is -4.23. The van der Waals surface area contributed by atoms with Gasteiger partial charge in [0.05, 0.1) is 16.3 Å². The number of nitrogens with zero attached hydrogens (tertiary/aromatic N) is 1. The number of halogens is 5. The summed E-state index contributed by atoms with van der Waals surface area (Å²) in [6.07, 6.45) is -3.39. The molecule has 0 aliphatic heterocycles. The molecule has 3 aromatic carbocycles. The zero-order valence-electron chi connectivity index (χ0n) is 15.8. The maximum absolute atomic E-state index is 12.9. The first-order valence-electron chi connectivity index (χ1n) is 8.67. The largest absolute Gasteiger partial charge is 0.416 e. The molecule has 4 nitrogen and oxygen atoms in total. The van der Waals surface area contributed by atoms with Crippen LogP contribution in [0.4, 0.5) is 18.9 Å². The highest BCUT2D eigenvalue weighted by Gasteiger charge is 2.30. The zero-order valence-corrected chi connectivity index (χ0v) is 18.1. The van der Waals surface area contributed by atoms with Gasteiger partial charge in [-0.05, 0) is 49.4 Å². The quantitative estimate of drug-likeness (QED) is 0.292. The molecular formula is C21H14Cl2F3NO3S. The molecule has 0 saturated carbocycles. The van der Waals surface area contributed by atoms with E-state index >= 15 is 0 Å². The van der Waals surface area contributed by atoms with Crippen molar-refractivity contribution in [3.63, 3.8) is 0 Å². The Bertz CT molecular complexity index is 1240. The standard InChI is InChI=1S/C21H14Cl2F3NO3S/c1-13-5-7-18(8-6-13)31(28,29)30-20-14(9-16(22)11-19(20)23)12-27-17-4-2-3-15(10-17)21(24,25)26/h2-12H,1H3. The van der Waals surface area contributed by atoms with E-state index in [1.165, 1.54) is 36.4 Å². The van der Waals surface area contributed by atoms with E-state index in [9.17, 15) is 21.6 Å². The molecule has 3 rings (SSSR count). The monoisotopic (exact) mass is 487 g/mol. The van der Waals surface area contributed by atoms with E-state index in [0.717, 1.165) is 23.9 Å². The summed E-state index contributed by atoms with van der Waals surface area (Å²) in [6, 6.07) is 12.9. The number of hydrogen-bond acceptors (Lipinski definition) is 4. The molecule has 0 fully saturated rings. The van der Waals surface area contributed by atoms with Gasteiger partial charge >= 0.3 is 16.3 Å². The average Bonchev–Trinajstić information content (AvgIpc) is 2.68. The van der Waals surface area contributed by atoms with Crippen LogP contribution in [0.1, 0.15) is 16.7 Å². The Balaban J connectivity index is 1.99. The van der Waals surface area contributed by atoms with Gasteiger partial charge in [0.25, 0.3) is 0 Å². The van der Waals surface area contributed by atoms with Crippen LogP contribution < -0.4 is 4.18 Å². The molecule has 0 saturated heterocycles. The van der Waals surface area contributed by atoms with Crippen LogP contribution in [0.15, 0.2) is 70.6 Å². The molecule has 0 aliphatic carbocycles. The Labute approximate surface area is 187 Å². The van der Waals surface area contributed by atoms with Crippen molar-refractivity contribution in [3.05, 3.63) is 87.4 Å². The van der Waals surface area contributed by atoms with E-state index in [2.05, 4.69) is 4.99 Å². The lowest BCUT2D eigenvalue weighted by Crippen LogP contribution is -2.11. The minimum atomic E-state index is -4.53. The highest BCUT2D eigenvalue weighted by atomic mass is 35.5. The first kappa shape index (κ1) is 23.1. The van der Waals surface area contributed by atoms with E-state index in [0.29, 0.717) is 0 Å². The molecular weight excluding hydrogens is 474 g/mol. The Kier molecular flexibility index (Phi) is 6.64. The van der Waals surface area contributed by atoms with Crippen molar-refractivity contribution in [2.24, 2.45) is 4.99 Å². The van der Waals surface area contributed by atoms with Crippen LogP contribution in [0.5, 0.6) is 5.75 Å². The Morgan fingerprint density at radius 2 is 1.68 bits per heavy atom. The number of alkyl halides is 3. The second kappa shape index (κ2) is 8.90. The van der Waals surface area contributed by atoms with Gasteiger partial charge in [0.2, 0.25) is 0 Å². The van der Waals surface area contributed by atoms with Gasteiger partial charge in [-0.25, -0.2) is 0 Å². The molecule has 31 heavy (non-hydrogen) atoms. The van der Waals surface area contributed by atoms with Gasteiger partial charge in [0.1, 0.15) is 4.90 Å². The fourth-order valence-corrected chi connectivity index (χ4v) is 4.10. The molecule has 0 radical (unpaired) electrons. The third kappa shape index (κ3) is 5.78. The minimum Gasteiger partial charge on any atom is -0.377 e. The number of aliphatic imine (C=N–C) groups is 1. The Morgan fingerprint density at radius 1 is 1.00 bits per heavy atom. The number of aryl methyl sites for hydroxylation is 1. The van der Waals surface area contributed by atoms with E-state index in [-0.39, 0.29) is 31.9 Å². The Hall–Kier alpha value is -2.55. The van der Waals surface area contributed by atoms with Gasteiger partial charge in [-0.3, -0.25) is 4.99 Å². The summed E-state index contributed by atoms with van der Waals surface area (Å²) in [6.45, 7) is 1.80. The Morgan fingerprint density at radius 3 is 2.32 bits per heavy atom. The van der Waals surface area contributed by atoms with Gasteiger partial charge in [-0.2, -0.15) is 21.6 Å². The van der Waals surface area contributed by atoms with Crippen LogP contribution in [-0.2, 0) is 16.3 Å². The predicted molar refractivity (Wildman–Crippen MR) is 114 cm³/mol. The van der Waals surface area contributed by atoms with Gasteiger partial charge in [-0.1, -0.05) is 47.0 Å². The van der Waals surface area contributed by atoms with Gasteiger partial charge in [0.15, 0.2) is 5.75 Å². The topological polar surface area (TPSA) is 55.7 Å². The fraction of sp³-hybridized carbons (Fsp3) is 0.0952. The maximum Gasteiger partial charge on any atom is 0.416 e. The number of hydrogen-bond donors (Lipinski definition) is 0. The maximum atomic E-state index is 12.9. The van der Waals surface area contributed by atoms with Crippen LogP contribution in [0.3, 0.4) is 0 Å². The van der Waals surface area contributed by atoms with Crippen molar-refractivity contribution in [1.29, 1.82) is 0 Å². The average molecular weight is 488 g/mol. The van der Waals surface area contributed by atoms with Crippen molar-refractivity contribution >= 4 is 45.2 Å². The van der Waals surface area contributed by atoms with Crippen molar-refractivity contribution in [3.8, 4) is 5.75 Å². The summed E-state index contributed by atoms with van der Waals surface area (Å²) in [5.41, 5.74) is 0.0611. The van der Waals surface area contributed by atoms with Crippen LogP contribution in [-0.4, -0.2) is 14.6 Å². The van der Waals surface area contributed by atoms with Crippen LogP contribution in [0.2, 0.25) is 10.0 Å². The van der Waals surface area contributed by atoms with Crippen molar-refractivity contribution < 1.29 is 25.8 Å². The van der Waals surface area contributed by atoms with Gasteiger partial charge < -0.3 is 4.18 Å². The molecule has 0 atom stereocenters. The molecule has 0 aliphatic rings. The van der Waals surface area contributed by atoms with Crippen LogP contribution in [0, 0.1) is 6.92 Å². The molecule has 0 spiro atoms. The molecule has 10 heteroatoms. The number of benzene rings is 3. The van der Waals surface area contributed by atoms with Crippen LogP contribution in [0.25, 0.3) is 0 Å². The lowest BCUT2D eigenvalue weighted by Gasteiger charge is -2.12. The summed E-state index contributed by atoms with van der Waals surface area (Å²) < 4.78 is 69.2. The lowest BCUT2D eigenvalue weighted by molar-refractivity contribution is -0.137. The lowest BCUT2D eigenvalue weighted by atomic mass is 10.2. The molecule has 0 heterocycles. The molecule has 0 amide bonds. The normalized spacial score (nSPS) is 12.3. The van der Waals surface area contributed by atoms with Gasteiger partial charge in [0, 0.05) is 16.8 Å². The molecule has 0 bridgehead atoms. The van der Waals surface area contributed by atoms with Crippen molar-refractivity contribution in [1.82, 2.24) is 0 Å². The second-order valence-electron chi connectivity index (χ2n) is 6.46. The number of rotatable bonds is 5. The molecule has 0 unspecified atom stereocenters. The van der Waals surface area contributed by atoms with E-state index in [4.69, 9.17) is 27.4 Å². The smallest absolute Gasteiger partial charge is 0.377 e. The summed E-state index contributed by atoms with van der Waals surface area (Å²) in [5, 5.41) is 0.0595. The SMILES string of the molecule is Cc1ccc(S(=O)(=O)Oc2c(Cl)cc(Cl)cc2C=Nc2cccc(C(F)(F)F)c2)cc1. The minimum absolute atomic E-state index is 0.00161. The fourth-order valence-electron chi connectivity index (χ4n) is 2.53. The van der Waals surface area contributed by atoms with Crippen molar-refractivity contribution in [2.45, 2.75) is 18.0 Å². The summed E-state index contributed by atoms with van der Waals surface area (Å²) in [4.78, 5) is 3.90. The third-order valence-electron chi connectivity index (χ3n) is 4.07. The van der Waals surface area contributed by atoms with Crippen LogP contribution >= 0.6 is 23.2 Å². The molecule has 3 aromatic rings. The molecule has 0 N–H and O–H groups in total. The first-order valence-corrected chi connectivity index (χ1v) is 10.8. The zero-order chi connectivity index (χ0) is 22.8. The van der Waals surface area contributed by atoms with E-state index in [1.807, 2.05) is 0 Å². The molecule has 162 valence electrons. The highest BCUT2D eigenvalue weighted by Crippen LogP contribution is 2.35. The highest BCUT2D eigenvalue weighted by molar-refractivity contribution is 7.87. The second-order valence-corrected chi connectivity index (χ2v) is 8.85. The third-order valence-corrected chi connectivity index (χ3v) is 5.80. The van der Waals surface area contributed by atoms with Crippen molar-refractivity contribution in [2.75, 3.05) is 0 Å². The predicted octanol–water partition coefficient (Wildman–Crippen LogP) is 6.84. The molecule has 0 aromatic heterocycles. The first-order chi connectivity index (χ1) is 14.5. The van der Waals surface area contributed by atoms with E-state index < -0.39 is 21.9 Å². The van der Waals surface area contributed by atoms with Gasteiger partial charge in [-0.15, -0.1) is 0 Å².